The van der Waals surface area contributed by atoms with E-state index in [9.17, 15) is 17.2 Å². The number of nitrogens with one attached hydrogen (secondary N) is 1. The summed E-state index contributed by atoms with van der Waals surface area (Å²) in [6, 6.07) is 2.47. The van der Waals surface area contributed by atoms with Gasteiger partial charge in [-0.15, -0.1) is 0 Å². The molecule has 6 heteroatoms. The third-order valence-corrected chi connectivity index (χ3v) is 4.36. The molecule has 0 fully saturated rings. The maximum Gasteiger partial charge on any atom is 0.181 e. The first-order valence-corrected chi connectivity index (χ1v) is 7.43. The van der Waals surface area contributed by atoms with Crippen LogP contribution in [0.3, 0.4) is 0 Å². The Kier molecular flexibility index (Phi) is 5.22. The van der Waals surface area contributed by atoms with Gasteiger partial charge in [-0.2, -0.15) is 0 Å². The van der Waals surface area contributed by atoms with E-state index in [2.05, 4.69) is 5.32 Å². The molecular weight excluding hydrogens is 260 g/mol. The van der Waals surface area contributed by atoms with Crippen molar-refractivity contribution in [3.05, 3.63) is 29.8 Å². The molecule has 0 heterocycles. The highest BCUT2D eigenvalue weighted by molar-refractivity contribution is 7.91. The van der Waals surface area contributed by atoms with Crippen molar-refractivity contribution in [2.24, 2.45) is 0 Å². The molecule has 3 nitrogen and oxygen atoms in total. The molecule has 1 aromatic rings. The van der Waals surface area contributed by atoms with Crippen molar-refractivity contribution in [1.29, 1.82) is 0 Å². The van der Waals surface area contributed by atoms with Gasteiger partial charge < -0.3 is 5.32 Å². The maximum absolute atomic E-state index is 13.4. The molecule has 0 bridgehead atoms. The quantitative estimate of drug-likeness (QED) is 0.866. The van der Waals surface area contributed by atoms with Crippen LogP contribution in [0.15, 0.2) is 23.1 Å². The first kappa shape index (κ1) is 15.0. The van der Waals surface area contributed by atoms with Gasteiger partial charge in [0.25, 0.3) is 0 Å². The van der Waals surface area contributed by atoms with E-state index in [-0.39, 0.29) is 11.8 Å². The van der Waals surface area contributed by atoms with Gasteiger partial charge in [0, 0.05) is 6.04 Å². The standard InChI is InChI=1S/C12H17F2NO2S/c1-3-15-9(2)6-7-18(16,17)12-8-10(13)4-5-11(12)14/h4-5,8-9,15H,3,6-7H2,1-2H3. The largest absolute Gasteiger partial charge is 0.314 e. The fraction of sp³-hybridized carbons (Fsp3) is 0.500. The van der Waals surface area contributed by atoms with Crippen molar-refractivity contribution in [3.63, 3.8) is 0 Å². The van der Waals surface area contributed by atoms with Crippen molar-refractivity contribution < 1.29 is 17.2 Å². The lowest BCUT2D eigenvalue weighted by Gasteiger charge is -2.12. The molecule has 0 amide bonds. The van der Waals surface area contributed by atoms with Crippen LogP contribution in [0.1, 0.15) is 20.3 Å². The molecule has 0 aromatic heterocycles. The average molecular weight is 277 g/mol. The van der Waals surface area contributed by atoms with E-state index in [0.29, 0.717) is 6.42 Å². The lowest BCUT2D eigenvalue weighted by molar-refractivity contribution is 0.531. The van der Waals surface area contributed by atoms with Gasteiger partial charge in [-0.3, -0.25) is 0 Å². The second-order valence-electron chi connectivity index (χ2n) is 4.14. The van der Waals surface area contributed by atoms with Crippen LogP contribution in [0.4, 0.5) is 8.78 Å². The maximum atomic E-state index is 13.4. The first-order chi connectivity index (χ1) is 8.36. The Morgan fingerprint density at radius 1 is 1.33 bits per heavy atom. The molecule has 0 aliphatic rings. The van der Waals surface area contributed by atoms with E-state index in [1.807, 2.05) is 13.8 Å². The van der Waals surface area contributed by atoms with Gasteiger partial charge in [-0.25, -0.2) is 17.2 Å². The molecule has 0 saturated carbocycles. The topological polar surface area (TPSA) is 46.2 Å². The Morgan fingerprint density at radius 3 is 2.61 bits per heavy atom. The van der Waals surface area contributed by atoms with Crippen LogP contribution in [0.5, 0.6) is 0 Å². The highest BCUT2D eigenvalue weighted by atomic mass is 32.2. The van der Waals surface area contributed by atoms with Crippen molar-refractivity contribution >= 4 is 9.84 Å². The number of halogens is 2. The zero-order chi connectivity index (χ0) is 13.8. The number of hydrogen-bond donors (Lipinski definition) is 1. The zero-order valence-electron chi connectivity index (χ0n) is 10.4. The Bertz CT molecular complexity index is 503. The van der Waals surface area contributed by atoms with E-state index in [1.54, 1.807) is 0 Å². The van der Waals surface area contributed by atoms with E-state index < -0.39 is 26.4 Å². The summed E-state index contributed by atoms with van der Waals surface area (Å²) in [5.74, 6) is -1.87. The van der Waals surface area contributed by atoms with Crippen molar-refractivity contribution in [1.82, 2.24) is 5.32 Å². The van der Waals surface area contributed by atoms with Gasteiger partial charge in [-0.1, -0.05) is 6.92 Å². The minimum absolute atomic E-state index is 0.0152. The molecule has 0 spiro atoms. The predicted octanol–water partition coefficient (Wildman–Crippen LogP) is 2.13. The number of sulfone groups is 1. The smallest absolute Gasteiger partial charge is 0.181 e. The third kappa shape index (κ3) is 4.03. The van der Waals surface area contributed by atoms with E-state index in [4.69, 9.17) is 0 Å². The average Bonchev–Trinajstić information content (AvgIpc) is 2.30. The van der Waals surface area contributed by atoms with Gasteiger partial charge in [0.2, 0.25) is 0 Å². The van der Waals surface area contributed by atoms with E-state index >= 15 is 0 Å². The molecule has 18 heavy (non-hydrogen) atoms. The molecule has 0 aliphatic heterocycles. The molecule has 1 aromatic carbocycles. The lowest BCUT2D eigenvalue weighted by atomic mass is 10.3. The molecule has 102 valence electrons. The Hall–Kier alpha value is -1.01. The minimum Gasteiger partial charge on any atom is -0.314 e. The van der Waals surface area contributed by atoms with Gasteiger partial charge >= 0.3 is 0 Å². The normalized spacial score (nSPS) is 13.6. The second-order valence-corrected chi connectivity index (χ2v) is 6.22. The summed E-state index contributed by atoms with van der Waals surface area (Å²) in [6.45, 7) is 4.49. The fourth-order valence-corrected chi connectivity index (χ4v) is 3.15. The van der Waals surface area contributed by atoms with Crippen LogP contribution in [-0.2, 0) is 9.84 Å². The van der Waals surface area contributed by atoms with Gasteiger partial charge in [0.15, 0.2) is 9.84 Å². The van der Waals surface area contributed by atoms with E-state index in [1.165, 1.54) is 0 Å². The summed E-state index contributed by atoms with van der Waals surface area (Å²) in [5.41, 5.74) is 0. The number of benzene rings is 1. The lowest BCUT2D eigenvalue weighted by Crippen LogP contribution is -2.28. The fourth-order valence-electron chi connectivity index (χ4n) is 1.61. The summed E-state index contributed by atoms with van der Waals surface area (Å²) in [6.07, 6.45) is 0.353. The van der Waals surface area contributed by atoms with Crippen LogP contribution >= 0.6 is 0 Å². The predicted molar refractivity (Wildman–Crippen MR) is 66.2 cm³/mol. The SMILES string of the molecule is CCNC(C)CCS(=O)(=O)c1cc(F)ccc1F. The van der Waals surface area contributed by atoms with Crippen LogP contribution in [0.25, 0.3) is 0 Å². The molecule has 0 saturated heterocycles. The molecule has 1 rings (SSSR count). The summed E-state index contributed by atoms with van der Waals surface area (Å²) in [4.78, 5) is -0.564. The van der Waals surface area contributed by atoms with Crippen LogP contribution in [0, 0.1) is 11.6 Å². The van der Waals surface area contributed by atoms with Crippen molar-refractivity contribution in [2.45, 2.75) is 31.2 Å². The zero-order valence-corrected chi connectivity index (χ0v) is 11.2. The first-order valence-electron chi connectivity index (χ1n) is 5.78. The minimum atomic E-state index is -3.78. The molecular formula is C12H17F2NO2S. The second kappa shape index (κ2) is 6.24. The Labute approximate surface area is 106 Å². The van der Waals surface area contributed by atoms with Crippen LogP contribution in [-0.4, -0.2) is 26.8 Å². The van der Waals surface area contributed by atoms with Gasteiger partial charge in [0.05, 0.1) is 5.75 Å². The monoisotopic (exact) mass is 277 g/mol. The van der Waals surface area contributed by atoms with Crippen molar-refractivity contribution in [3.8, 4) is 0 Å². The number of rotatable bonds is 6. The molecule has 1 atom stereocenters. The van der Waals surface area contributed by atoms with Gasteiger partial charge in [0.1, 0.15) is 16.5 Å². The molecule has 1 N–H and O–H groups in total. The van der Waals surface area contributed by atoms with Gasteiger partial charge in [-0.05, 0) is 38.1 Å². The molecule has 0 aliphatic carbocycles. The number of hydrogen-bond acceptors (Lipinski definition) is 3. The summed E-state index contributed by atoms with van der Waals surface area (Å²) in [5, 5.41) is 3.06. The summed E-state index contributed by atoms with van der Waals surface area (Å²) in [7, 11) is -3.78. The molecule has 0 radical (unpaired) electrons. The summed E-state index contributed by atoms with van der Waals surface area (Å²) < 4.78 is 50.1. The Morgan fingerprint density at radius 2 is 2.00 bits per heavy atom. The van der Waals surface area contributed by atoms with E-state index in [0.717, 1.165) is 24.7 Å². The summed E-state index contributed by atoms with van der Waals surface area (Å²) >= 11 is 0. The molecule has 1 unspecified atom stereocenters. The van der Waals surface area contributed by atoms with Crippen molar-refractivity contribution in [2.75, 3.05) is 12.3 Å². The van der Waals surface area contributed by atoms with Crippen LogP contribution in [0.2, 0.25) is 0 Å². The highest BCUT2D eigenvalue weighted by Gasteiger charge is 2.20. The third-order valence-electron chi connectivity index (χ3n) is 2.60. The Balaban J connectivity index is 2.83. The van der Waals surface area contributed by atoms with Crippen LogP contribution < -0.4 is 5.32 Å². The highest BCUT2D eigenvalue weighted by Crippen LogP contribution is 2.18.